The second-order valence-electron chi connectivity index (χ2n) is 5.49. The second-order valence-corrected chi connectivity index (χ2v) is 5.49. The molecule has 0 heterocycles. The molecule has 4 nitrogen and oxygen atoms in total. The summed E-state index contributed by atoms with van der Waals surface area (Å²) in [5.41, 5.74) is 6.19. The molecule has 4 atom stereocenters. The highest BCUT2D eigenvalue weighted by Gasteiger charge is 2.49. The number of fused-ring (bicyclic) bond motifs is 2. The van der Waals surface area contributed by atoms with Crippen LogP contribution in [0.3, 0.4) is 0 Å². The van der Waals surface area contributed by atoms with Crippen LogP contribution in [-0.2, 0) is 4.79 Å². The van der Waals surface area contributed by atoms with E-state index < -0.39 is 0 Å². The van der Waals surface area contributed by atoms with Gasteiger partial charge in [-0.3, -0.25) is 4.79 Å². The van der Waals surface area contributed by atoms with Crippen LogP contribution in [-0.4, -0.2) is 41.7 Å². The molecule has 0 aromatic heterocycles. The van der Waals surface area contributed by atoms with Crippen molar-refractivity contribution in [1.29, 1.82) is 0 Å². The quantitative estimate of drug-likeness (QED) is 0.739. The highest BCUT2D eigenvalue weighted by Crippen LogP contribution is 2.48. The van der Waals surface area contributed by atoms with Gasteiger partial charge in [0.1, 0.15) is 0 Å². The maximum Gasteiger partial charge on any atom is 0.227 e. The highest BCUT2D eigenvalue weighted by molar-refractivity contribution is 5.80. The van der Waals surface area contributed by atoms with Crippen molar-refractivity contribution in [1.82, 2.24) is 4.90 Å². The van der Waals surface area contributed by atoms with Crippen molar-refractivity contribution in [2.45, 2.75) is 38.6 Å². The van der Waals surface area contributed by atoms with Crippen molar-refractivity contribution in [2.75, 3.05) is 19.7 Å². The van der Waals surface area contributed by atoms with Gasteiger partial charge in [-0.15, -0.1) is 0 Å². The fourth-order valence-corrected chi connectivity index (χ4v) is 3.64. The summed E-state index contributed by atoms with van der Waals surface area (Å²) in [5, 5.41) is 9.03. The summed E-state index contributed by atoms with van der Waals surface area (Å²) < 4.78 is 0. The molecule has 0 saturated heterocycles. The molecule has 1 amide bonds. The van der Waals surface area contributed by atoms with Crippen LogP contribution in [0.2, 0.25) is 0 Å². The number of hydrogen-bond acceptors (Lipinski definition) is 3. The van der Waals surface area contributed by atoms with E-state index in [9.17, 15) is 4.79 Å². The van der Waals surface area contributed by atoms with E-state index in [1.165, 1.54) is 6.42 Å². The average Bonchev–Trinajstić information content (AvgIpc) is 2.88. The van der Waals surface area contributed by atoms with E-state index in [1.54, 1.807) is 4.90 Å². The van der Waals surface area contributed by atoms with Crippen molar-refractivity contribution in [3.05, 3.63) is 0 Å². The summed E-state index contributed by atoms with van der Waals surface area (Å²) >= 11 is 0. The number of carbonyl (C=O) groups excluding carboxylic acids is 1. The fourth-order valence-electron chi connectivity index (χ4n) is 3.64. The molecule has 2 fully saturated rings. The Kier molecular flexibility index (Phi) is 4.05. The number of carbonyl (C=O) groups is 1. The lowest BCUT2D eigenvalue weighted by atomic mass is 9.84. The summed E-state index contributed by atoms with van der Waals surface area (Å²) in [5.74, 6) is 1.26. The van der Waals surface area contributed by atoms with Gasteiger partial charge in [0.25, 0.3) is 0 Å². The van der Waals surface area contributed by atoms with Crippen molar-refractivity contribution in [3.8, 4) is 0 Å². The van der Waals surface area contributed by atoms with E-state index >= 15 is 0 Å². The molecule has 4 heteroatoms. The Morgan fingerprint density at radius 1 is 1.35 bits per heavy atom. The van der Waals surface area contributed by atoms with Gasteiger partial charge in [-0.25, -0.2) is 0 Å². The Balaban J connectivity index is 2.02. The van der Waals surface area contributed by atoms with Gasteiger partial charge in [0, 0.05) is 19.1 Å². The first kappa shape index (κ1) is 12.8. The van der Waals surface area contributed by atoms with Gasteiger partial charge in [0.15, 0.2) is 0 Å². The van der Waals surface area contributed by atoms with Crippen molar-refractivity contribution >= 4 is 5.91 Å². The van der Waals surface area contributed by atoms with E-state index in [-0.39, 0.29) is 24.5 Å². The largest absolute Gasteiger partial charge is 0.395 e. The third kappa shape index (κ3) is 2.33. The Hall–Kier alpha value is -0.610. The zero-order chi connectivity index (χ0) is 12.4. The molecule has 0 aromatic rings. The minimum atomic E-state index is 0.0202. The molecule has 3 N–H and O–H groups in total. The second kappa shape index (κ2) is 5.36. The van der Waals surface area contributed by atoms with Crippen LogP contribution in [0, 0.1) is 17.8 Å². The lowest BCUT2D eigenvalue weighted by molar-refractivity contribution is -0.138. The van der Waals surface area contributed by atoms with Crippen LogP contribution in [0.25, 0.3) is 0 Å². The lowest BCUT2D eigenvalue weighted by Gasteiger charge is -2.32. The first-order valence-corrected chi connectivity index (χ1v) is 6.84. The predicted molar refractivity (Wildman–Crippen MR) is 66.3 cm³/mol. The van der Waals surface area contributed by atoms with Crippen LogP contribution in [0.1, 0.15) is 32.6 Å². The van der Waals surface area contributed by atoms with Gasteiger partial charge in [-0.1, -0.05) is 6.92 Å². The molecule has 0 aliphatic heterocycles. The molecule has 2 saturated carbocycles. The molecule has 0 spiro atoms. The maximum absolute atomic E-state index is 12.5. The summed E-state index contributed by atoms with van der Waals surface area (Å²) in [6, 6.07) is 0.0549. The number of nitrogens with zero attached hydrogens (tertiary/aromatic N) is 1. The SMILES string of the molecule is CCCN(CCO)C(=O)C1C2CCC(C2)C1N. The Labute approximate surface area is 103 Å². The molecule has 98 valence electrons. The highest BCUT2D eigenvalue weighted by atomic mass is 16.3. The number of nitrogens with two attached hydrogens (primary N) is 1. The molecular weight excluding hydrogens is 216 g/mol. The van der Waals surface area contributed by atoms with E-state index in [0.29, 0.717) is 18.4 Å². The fraction of sp³-hybridized carbons (Fsp3) is 0.923. The summed E-state index contributed by atoms with van der Waals surface area (Å²) in [6.45, 7) is 3.29. The van der Waals surface area contributed by atoms with Gasteiger partial charge in [-0.2, -0.15) is 0 Å². The van der Waals surface area contributed by atoms with Crippen LogP contribution in [0.5, 0.6) is 0 Å². The molecule has 0 radical (unpaired) electrons. The summed E-state index contributed by atoms with van der Waals surface area (Å²) in [7, 11) is 0. The third-order valence-corrected chi connectivity index (χ3v) is 4.44. The standard InChI is InChI=1S/C13H24N2O2/c1-2-5-15(6-7-16)13(17)11-9-3-4-10(8-9)12(11)14/h9-12,16H,2-8,14H2,1H3. The van der Waals surface area contributed by atoms with Crippen LogP contribution < -0.4 is 5.73 Å². The molecule has 2 bridgehead atoms. The first-order chi connectivity index (χ1) is 8.19. The van der Waals surface area contributed by atoms with Gasteiger partial charge in [0.05, 0.1) is 12.5 Å². The van der Waals surface area contributed by atoms with Crippen molar-refractivity contribution < 1.29 is 9.90 Å². The van der Waals surface area contributed by atoms with Gasteiger partial charge >= 0.3 is 0 Å². The number of amides is 1. The van der Waals surface area contributed by atoms with Crippen molar-refractivity contribution in [2.24, 2.45) is 23.5 Å². The number of rotatable bonds is 5. The van der Waals surface area contributed by atoms with E-state index in [0.717, 1.165) is 25.8 Å². The zero-order valence-electron chi connectivity index (χ0n) is 10.6. The monoisotopic (exact) mass is 240 g/mol. The first-order valence-electron chi connectivity index (χ1n) is 6.84. The Morgan fingerprint density at radius 3 is 2.59 bits per heavy atom. The van der Waals surface area contributed by atoms with Crippen LogP contribution in [0.4, 0.5) is 0 Å². The molecule has 17 heavy (non-hydrogen) atoms. The molecule has 0 aromatic carbocycles. The predicted octanol–water partition coefficient (Wildman–Crippen LogP) is 0.591. The molecule has 2 rings (SSSR count). The van der Waals surface area contributed by atoms with Crippen molar-refractivity contribution in [3.63, 3.8) is 0 Å². The average molecular weight is 240 g/mol. The van der Waals surface area contributed by atoms with Gasteiger partial charge < -0.3 is 15.7 Å². The van der Waals surface area contributed by atoms with E-state index in [1.807, 2.05) is 0 Å². The number of hydrogen-bond donors (Lipinski definition) is 2. The minimum Gasteiger partial charge on any atom is -0.395 e. The minimum absolute atomic E-state index is 0.0202. The van der Waals surface area contributed by atoms with Gasteiger partial charge in [-0.05, 0) is 37.5 Å². The topological polar surface area (TPSA) is 66.6 Å². The summed E-state index contributed by atoms with van der Waals surface area (Å²) in [4.78, 5) is 14.3. The summed E-state index contributed by atoms with van der Waals surface area (Å²) in [6.07, 6.45) is 4.43. The van der Waals surface area contributed by atoms with Crippen LogP contribution >= 0.6 is 0 Å². The molecule has 2 aliphatic carbocycles. The van der Waals surface area contributed by atoms with Crippen LogP contribution in [0.15, 0.2) is 0 Å². The molecular formula is C13H24N2O2. The number of aliphatic hydroxyl groups is 1. The lowest BCUT2D eigenvalue weighted by Crippen LogP contribution is -2.48. The zero-order valence-corrected chi connectivity index (χ0v) is 10.6. The maximum atomic E-state index is 12.5. The Morgan fingerprint density at radius 2 is 2.06 bits per heavy atom. The van der Waals surface area contributed by atoms with E-state index in [2.05, 4.69) is 6.92 Å². The smallest absolute Gasteiger partial charge is 0.227 e. The Bertz CT molecular complexity index is 275. The third-order valence-electron chi connectivity index (χ3n) is 4.44. The number of aliphatic hydroxyl groups excluding tert-OH is 1. The molecule has 4 unspecified atom stereocenters. The van der Waals surface area contributed by atoms with Gasteiger partial charge in [0.2, 0.25) is 5.91 Å². The van der Waals surface area contributed by atoms with E-state index in [4.69, 9.17) is 10.8 Å². The molecule has 2 aliphatic rings. The normalized spacial score (nSPS) is 35.2.